The molecule has 4 rings (SSSR count). The van der Waals surface area contributed by atoms with E-state index in [0.717, 1.165) is 40.2 Å². The summed E-state index contributed by atoms with van der Waals surface area (Å²) < 4.78 is 6.14. The Morgan fingerprint density at radius 2 is 1.57 bits per heavy atom. The first-order valence-electron chi connectivity index (χ1n) is 10.6. The Labute approximate surface area is 178 Å². The summed E-state index contributed by atoms with van der Waals surface area (Å²) in [6.45, 7) is 10.4. The summed E-state index contributed by atoms with van der Waals surface area (Å²) in [6, 6.07) is 11.7. The van der Waals surface area contributed by atoms with Crippen molar-refractivity contribution in [3.63, 3.8) is 0 Å². The van der Waals surface area contributed by atoms with E-state index >= 15 is 0 Å². The van der Waals surface area contributed by atoms with Crippen molar-refractivity contribution < 1.29 is 14.3 Å². The van der Waals surface area contributed by atoms with Gasteiger partial charge in [0.15, 0.2) is 0 Å². The second-order valence-electron chi connectivity index (χ2n) is 9.68. The average molecular weight is 407 g/mol. The summed E-state index contributed by atoms with van der Waals surface area (Å²) in [5.41, 5.74) is 3.98. The molecule has 5 nitrogen and oxygen atoms in total. The summed E-state index contributed by atoms with van der Waals surface area (Å²) in [7, 11) is 0. The molecule has 2 atom stereocenters. The number of hydrogen-bond donors (Lipinski definition) is 2. The van der Waals surface area contributed by atoms with Gasteiger partial charge in [0.05, 0.1) is 6.04 Å². The predicted octanol–water partition coefficient (Wildman–Crippen LogP) is 4.56. The van der Waals surface area contributed by atoms with Gasteiger partial charge in [-0.3, -0.25) is 9.59 Å². The quantitative estimate of drug-likeness (QED) is 0.719. The van der Waals surface area contributed by atoms with Gasteiger partial charge < -0.3 is 15.4 Å². The lowest BCUT2D eigenvalue weighted by molar-refractivity contribution is -0.138. The number of carbonyl (C=O) groups is 2. The van der Waals surface area contributed by atoms with Gasteiger partial charge in [0.25, 0.3) is 0 Å². The van der Waals surface area contributed by atoms with Crippen molar-refractivity contribution in [1.29, 1.82) is 0 Å². The van der Waals surface area contributed by atoms with Gasteiger partial charge in [-0.2, -0.15) is 0 Å². The van der Waals surface area contributed by atoms with E-state index in [1.165, 1.54) is 0 Å². The highest BCUT2D eigenvalue weighted by atomic mass is 16.5. The topological polar surface area (TPSA) is 67.4 Å². The number of aryl methyl sites for hydroxylation is 2. The molecule has 0 aliphatic carbocycles. The molecule has 2 N–H and O–H groups in total. The van der Waals surface area contributed by atoms with Crippen LogP contribution in [0.4, 0.5) is 0 Å². The number of hydrogen-bond acceptors (Lipinski definition) is 3. The molecule has 0 saturated carbocycles. The Morgan fingerprint density at radius 1 is 1.00 bits per heavy atom. The first-order chi connectivity index (χ1) is 14.1. The maximum Gasteiger partial charge on any atom is 0.233 e. The smallest absolute Gasteiger partial charge is 0.233 e. The van der Waals surface area contributed by atoms with E-state index in [9.17, 15) is 9.59 Å². The summed E-state index contributed by atoms with van der Waals surface area (Å²) in [5.74, 6) is 0.414. The van der Waals surface area contributed by atoms with Crippen molar-refractivity contribution in [3.05, 3.63) is 58.7 Å². The lowest BCUT2D eigenvalue weighted by Gasteiger charge is -2.37. The van der Waals surface area contributed by atoms with Crippen LogP contribution in [-0.2, 0) is 9.59 Å². The Morgan fingerprint density at radius 3 is 2.07 bits per heavy atom. The fourth-order valence-corrected chi connectivity index (χ4v) is 4.33. The normalized spacial score (nSPS) is 21.2. The van der Waals surface area contributed by atoms with E-state index < -0.39 is 5.92 Å². The molecular formula is C25H30N2O3. The minimum atomic E-state index is -0.672. The van der Waals surface area contributed by atoms with Gasteiger partial charge in [0.1, 0.15) is 17.4 Å². The molecule has 2 unspecified atom stereocenters. The molecular weight excluding hydrogens is 376 g/mol. The molecule has 0 radical (unpaired) electrons. The zero-order valence-electron chi connectivity index (χ0n) is 18.3. The molecule has 0 spiro atoms. The van der Waals surface area contributed by atoms with Crippen molar-refractivity contribution in [2.45, 2.75) is 59.5 Å². The number of amides is 2. The second kappa shape index (κ2) is 7.46. The molecule has 5 heteroatoms. The van der Waals surface area contributed by atoms with Crippen molar-refractivity contribution in [1.82, 2.24) is 10.6 Å². The second-order valence-corrected chi connectivity index (χ2v) is 9.68. The van der Waals surface area contributed by atoms with E-state index in [-0.39, 0.29) is 29.3 Å². The molecule has 1 saturated heterocycles. The number of rotatable bonds is 2. The van der Waals surface area contributed by atoms with Crippen LogP contribution < -0.4 is 15.4 Å². The average Bonchev–Trinajstić information content (AvgIpc) is 2.66. The van der Waals surface area contributed by atoms with E-state index in [1.807, 2.05) is 50.2 Å². The maximum absolute atomic E-state index is 13.2. The molecule has 2 aromatic carbocycles. The first-order valence-corrected chi connectivity index (χ1v) is 10.6. The molecule has 2 aliphatic rings. The van der Waals surface area contributed by atoms with Crippen LogP contribution >= 0.6 is 0 Å². The predicted molar refractivity (Wildman–Crippen MR) is 117 cm³/mol. The van der Waals surface area contributed by atoms with Gasteiger partial charge >= 0.3 is 0 Å². The number of fused-ring (bicyclic) bond motifs is 2. The third-order valence-electron chi connectivity index (χ3n) is 6.21. The molecule has 30 heavy (non-hydrogen) atoms. The number of carbonyl (C=O) groups excluding carboxylic acids is 2. The summed E-state index contributed by atoms with van der Waals surface area (Å²) in [5, 5.41) is 6.20. The summed E-state index contributed by atoms with van der Waals surface area (Å²) >= 11 is 0. The Balaban J connectivity index is 1.60. The van der Waals surface area contributed by atoms with Crippen LogP contribution in [0.25, 0.3) is 0 Å². The van der Waals surface area contributed by atoms with Crippen LogP contribution in [0.3, 0.4) is 0 Å². The van der Waals surface area contributed by atoms with Crippen molar-refractivity contribution in [2.24, 2.45) is 11.3 Å². The minimum Gasteiger partial charge on any atom is -0.457 e. The third-order valence-corrected chi connectivity index (χ3v) is 6.21. The molecule has 2 aromatic rings. The number of nitrogens with one attached hydrogen (secondary N) is 2. The van der Waals surface area contributed by atoms with Crippen molar-refractivity contribution in [3.8, 4) is 11.5 Å². The SMILES string of the molecule is Cc1ccc2c(c1)Oc1cc(C)ccc1C2NC(=O)C1CCC(C(C)(C)C)NC1=O. The van der Waals surface area contributed by atoms with E-state index in [2.05, 4.69) is 31.4 Å². The van der Waals surface area contributed by atoms with Gasteiger partial charge in [-0.25, -0.2) is 0 Å². The monoisotopic (exact) mass is 406 g/mol. The summed E-state index contributed by atoms with van der Waals surface area (Å²) in [6.07, 6.45) is 1.36. The molecule has 0 aromatic heterocycles. The fraction of sp³-hybridized carbons (Fsp3) is 0.440. The maximum atomic E-state index is 13.2. The van der Waals surface area contributed by atoms with Crippen molar-refractivity contribution in [2.75, 3.05) is 0 Å². The van der Waals surface area contributed by atoms with Crippen LogP contribution in [0, 0.1) is 25.2 Å². The van der Waals surface area contributed by atoms with Gasteiger partial charge in [0.2, 0.25) is 11.8 Å². The van der Waals surface area contributed by atoms with Crippen LogP contribution in [0.15, 0.2) is 36.4 Å². The lowest BCUT2D eigenvalue weighted by Crippen LogP contribution is -2.53. The summed E-state index contributed by atoms with van der Waals surface area (Å²) in [4.78, 5) is 25.9. The molecule has 2 aliphatic heterocycles. The largest absolute Gasteiger partial charge is 0.457 e. The molecule has 0 bridgehead atoms. The van der Waals surface area contributed by atoms with Crippen LogP contribution in [0.1, 0.15) is 61.9 Å². The van der Waals surface area contributed by atoms with Gasteiger partial charge in [-0.1, -0.05) is 45.0 Å². The third kappa shape index (κ3) is 3.81. The van der Waals surface area contributed by atoms with Crippen molar-refractivity contribution >= 4 is 11.8 Å². The van der Waals surface area contributed by atoms with Gasteiger partial charge in [0, 0.05) is 17.2 Å². The molecule has 2 heterocycles. The Kier molecular flexibility index (Phi) is 5.08. The fourth-order valence-electron chi connectivity index (χ4n) is 4.33. The zero-order chi connectivity index (χ0) is 21.6. The van der Waals surface area contributed by atoms with E-state index in [1.54, 1.807) is 0 Å². The highest BCUT2D eigenvalue weighted by molar-refractivity contribution is 6.01. The Hall–Kier alpha value is -2.82. The molecule has 1 fully saturated rings. The highest BCUT2D eigenvalue weighted by Gasteiger charge is 2.39. The number of piperidine rings is 1. The van der Waals surface area contributed by atoms with Crippen LogP contribution in [-0.4, -0.2) is 17.9 Å². The first kappa shape index (κ1) is 20.5. The highest BCUT2D eigenvalue weighted by Crippen LogP contribution is 2.43. The number of ether oxygens (including phenoxy) is 1. The lowest BCUT2D eigenvalue weighted by atomic mass is 9.79. The van der Waals surface area contributed by atoms with Crippen LogP contribution in [0.2, 0.25) is 0 Å². The standard InChI is InChI=1S/C25H30N2O3/c1-14-6-8-16-19(12-14)30-20-13-15(2)7-9-17(20)22(16)27-24(29)18-10-11-21(25(3,4)5)26-23(18)28/h6-9,12-13,18,21-22H,10-11H2,1-5H3,(H,26,28)(H,27,29). The number of benzene rings is 2. The van der Waals surface area contributed by atoms with Gasteiger partial charge in [-0.05, 0) is 55.4 Å². The van der Waals surface area contributed by atoms with E-state index in [4.69, 9.17) is 4.74 Å². The zero-order valence-corrected chi connectivity index (χ0v) is 18.3. The van der Waals surface area contributed by atoms with E-state index in [0.29, 0.717) is 6.42 Å². The molecule has 2 amide bonds. The minimum absolute atomic E-state index is 0.0224. The van der Waals surface area contributed by atoms with Crippen LogP contribution in [0.5, 0.6) is 11.5 Å². The molecule has 158 valence electrons. The van der Waals surface area contributed by atoms with Gasteiger partial charge in [-0.15, -0.1) is 0 Å². The Bertz CT molecular complexity index is 954.